The average Bonchev–Trinajstić information content (AvgIpc) is 2.72. The van der Waals surface area contributed by atoms with Gasteiger partial charge in [-0.2, -0.15) is 0 Å². The lowest BCUT2D eigenvalue weighted by Gasteiger charge is -2.36. The first-order valence-electron chi connectivity index (χ1n) is 9.64. The van der Waals surface area contributed by atoms with Gasteiger partial charge in [-0.1, -0.05) is 12.1 Å². The number of ether oxygens (including phenoxy) is 1. The zero-order valence-electron chi connectivity index (χ0n) is 16.4. The first-order chi connectivity index (χ1) is 13.8. The highest BCUT2D eigenvalue weighted by atomic mass is 32.2. The van der Waals surface area contributed by atoms with Gasteiger partial charge in [-0.15, -0.1) is 0 Å². The third kappa shape index (κ3) is 5.45. The molecule has 0 aliphatic carbocycles. The number of hydrogen-bond donors (Lipinski definition) is 0. The number of benzene rings is 1. The Balaban J connectivity index is 1.41. The number of hydrogen-bond acceptors (Lipinski definition) is 6. The van der Waals surface area contributed by atoms with Crippen LogP contribution in [-0.2, 0) is 24.3 Å². The Kier molecular flexibility index (Phi) is 6.74. The number of esters is 1. The number of carbonyl (C=O) groups excluding carboxylic acids is 2. The van der Waals surface area contributed by atoms with E-state index in [2.05, 4.69) is 0 Å². The molecule has 1 amide bonds. The lowest BCUT2D eigenvalue weighted by molar-refractivity contribution is -0.156. The summed E-state index contributed by atoms with van der Waals surface area (Å²) in [4.78, 5) is 28.1. The molecule has 2 aliphatic rings. The van der Waals surface area contributed by atoms with Gasteiger partial charge in [0.15, 0.2) is 6.61 Å². The number of sulfonamides is 1. The fourth-order valence-electron chi connectivity index (χ4n) is 3.67. The summed E-state index contributed by atoms with van der Waals surface area (Å²) in [5.74, 6) is -1.42. The summed E-state index contributed by atoms with van der Waals surface area (Å²) in [6.45, 7) is 2.10. The second kappa shape index (κ2) is 9.08. The number of amides is 1. The number of halogens is 1. The molecule has 1 aromatic carbocycles. The summed E-state index contributed by atoms with van der Waals surface area (Å²) in [5, 5.41) is 0. The maximum absolute atomic E-state index is 13.9. The van der Waals surface area contributed by atoms with Crippen LogP contribution in [0.15, 0.2) is 24.3 Å². The van der Waals surface area contributed by atoms with E-state index in [9.17, 15) is 22.4 Å². The minimum atomic E-state index is -3.25. The van der Waals surface area contributed by atoms with Crippen molar-refractivity contribution in [1.82, 2.24) is 9.21 Å². The maximum atomic E-state index is 13.9. The molecule has 3 rings (SSSR count). The van der Waals surface area contributed by atoms with E-state index in [0.717, 1.165) is 6.26 Å². The lowest BCUT2D eigenvalue weighted by Crippen LogP contribution is -2.50. The van der Waals surface area contributed by atoms with Crippen LogP contribution in [0.3, 0.4) is 0 Å². The first-order valence-corrected chi connectivity index (χ1v) is 11.5. The van der Waals surface area contributed by atoms with Gasteiger partial charge >= 0.3 is 5.97 Å². The van der Waals surface area contributed by atoms with Gasteiger partial charge < -0.3 is 14.5 Å². The number of para-hydroxylation sites is 1. The molecule has 0 N–H and O–H groups in total. The van der Waals surface area contributed by atoms with Crippen LogP contribution in [0.2, 0.25) is 0 Å². The molecule has 2 heterocycles. The van der Waals surface area contributed by atoms with Crippen molar-refractivity contribution in [1.29, 1.82) is 0 Å². The Morgan fingerprint density at radius 2 is 1.69 bits per heavy atom. The molecule has 1 aromatic rings. The zero-order chi connectivity index (χ0) is 21.0. The SMILES string of the molecule is CS(=O)(=O)N1CCC(C(=O)OCC(=O)N2CCN(c3ccccc3F)CC2)CC1. The molecule has 0 unspecified atom stereocenters. The highest BCUT2D eigenvalue weighted by molar-refractivity contribution is 7.88. The van der Waals surface area contributed by atoms with Gasteiger partial charge in [0.1, 0.15) is 5.82 Å². The third-order valence-electron chi connectivity index (χ3n) is 5.42. The topological polar surface area (TPSA) is 87.2 Å². The van der Waals surface area contributed by atoms with E-state index in [1.807, 2.05) is 4.90 Å². The molecular formula is C19H26FN3O5S. The molecule has 2 saturated heterocycles. The minimum Gasteiger partial charge on any atom is -0.455 e. The van der Waals surface area contributed by atoms with E-state index in [-0.39, 0.29) is 31.4 Å². The molecule has 10 heteroatoms. The zero-order valence-corrected chi connectivity index (χ0v) is 17.2. The van der Waals surface area contributed by atoms with E-state index in [1.54, 1.807) is 23.1 Å². The average molecular weight is 427 g/mol. The normalized spacial score (nSPS) is 19.2. The number of carbonyl (C=O) groups is 2. The monoisotopic (exact) mass is 427 g/mol. The van der Waals surface area contributed by atoms with E-state index < -0.39 is 21.9 Å². The van der Waals surface area contributed by atoms with Crippen LogP contribution in [0.5, 0.6) is 0 Å². The van der Waals surface area contributed by atoms with Crippen molar-refractivity contribution in [3.8, 4) is 0 Å². The molecule has 2 aliphatic heterocycles. The predicted molar refractivity (Wildman–Crippen MR) is 105 cm³/mol. The highest BCUT2D eigenvalue weighted by Gasteiger charge is 2.31. The van der Waals surface area contributed by atoms with Gasteiger partial charge in [0.2, 0.25) is 10.0 Å². The van der Waals surface area contributed by atoms with Gasteiger partial charge in [0, 0.05) is 39.3 Å². The summed E-state index contributed by atoms with van der Waals surface area (Å²) in [7, 11) is -3.25. The summed E-state index contributed by atoms with van der Waals surface area (Å²) in [6.07, 6.45) is 1.93. The maximum Gasteiger partial charge on any atom is 0.309 e. The standard InChI is InChI=1S/C19H26FN3O5S/c1-29(26,27)23-8-6-15(7-9-23)19(25)28-14-18(24)22-12-10-21(11-13-22)17-5-3-2-4-16(17)20/h2-5,15H,6-14H2,1H3. The van der Waals surface area contributed by atoms with Crippen molar-refractivity contribution >= 4 is 27.6 Å². The van der Waals surface area contributed by atoms with Gasteiger partial charge in [0.05, 0.1) is 17.9 Å². The third-order valence-corrected chi connectivity index (χ3v) is 6.72. The van der Waals surface area contributed by atoms with E-state index in [4.69, 9.17) is 4.74 Å². The number of piperazine rings is 1. The van der Waals surface area contributed by atoms with Gasteiger partial charge in [-0.3, -0.25) is 9.59 Å². The summed E-state index contributed by atoms with van der Waals surface area (Å²) in [6, 6.07) is 6.53. The fourth-order valence-corrected chi connectivity index (χ4v) is 4.54. The number of piperidine rings is 1. The molecule has 0 radical (unpaired) electrons. The van der Waals surface area contributed by atoms with E-state index in [0.29, 0.717) is 44.7 Å². The summed E-state index contributed by atoms with van der Waals surface area (Å²) in [5.41, 5.74) is 0.520. The van der Waals surface area contributed by atoms with Crippen LogP contribution in [0.4, 0.5) is 10.1 Å². The lowest BCUT2D eigenvalue weighted by atomic mass is 9.98. The Morgan fingerprint density at radius 1 is 1.07 bits per heavy atom. The van der Waals surface area contributed by atoms with E-state index in [1.165, 1.54) is 10.4 Å². The Hall–Kier alpha value is -2.20. The van der Waals surface area contributed by atoms with Crippen molar-refractivity contribution in [3.63, 3.8) is 0 Å². The first kappa shape index (κ1) is 21.5. The molecule has 8 nitrogen and oxygen atoms in total. The van der Waals surface area contributed by atoms with Crippen molar-refractivity contribution in [3.05, 3.63) is 30.1 Å². The molecule has 0 bridgehead atoms. The van der Waals surface area contributed by atoms with Crippen molar-refractivity contribution in [2.75, 3.05) is 57.0 Å². The molecular weight excluding hydrogens is 401 g/mol. The molecule has 0 aromatic heterocycles. The highest BCUT2D eigenvalue weighted by Crippen LogP contribution is 2.21. The molecule has 0 atom stereocenters. The van der Waals surface area contributed by atoms with E-state index >= 15 is 0 Å². The molecule has 0 saturated carbocycles. The second-order valence-electron chi connectivity index (χ2n) is 7.36. The van der Waals surface area contributed by atoms with Crippen LogP contribution in [-0.4, -0.2) is 81.6 Å². The molecule has 29 heavy (non-hydrogen) atoms. The van der Waals surface area contributed by atoms with Crippen molar-refractivity contribution in [2.45, 2.75) is 12.8 Å². The molecule has 0 spiro atoms. The number of anilines is 1. The Labute approximate surface area is 170 Å². The summed E-state index contributed by atoms with van der Waals surface area (Å²) >= 11 is 0. The fraction of sp³-hybridized carbons (Fsp3) is 0.579. The quantitative estimate of drug-likeness (QED) is 0.643. The van der Waals surface area contributed by atoms with Gasteiger partial charge in [-0.05, 0) is 25.0 Å². The molecule has 160 valence electrons. The summed E-state index contributed by atoms with van der Waals surface area (Å²) < 4.78 is 43.5. The Bertz CT molecular complexity index is 847. The van der Waals surface area contributed by atoms with Crippen molar-refractivity contribution in [2.24, 2.45) is 5.92 Å². The van der Waals surface area contributed by atoms with Crippen LogP contribution < -0.4 is 4.90 Å². The van der Waals surface area contributed by atoms with Gasteiger partial charge in [-0.25, -0.2) is 17.1 Å². The van der Waals surface area contributed by atoms with Crippen LogP contribution >= 0.6 is 0 Å². The minimum absolute atomic E-state index is 0.278. The number of nitrogens with zero attached hydrogens (tertiary/aromatic N) is 3. The Morgan fingerprint density at radius 3 is 2.28 bits per heavy atom. The van der Waals surface area contributed by atoms with Gasteiger partial charge in [0.25, 0.3) is 5.91 Å². The van der Waals surface area contributed by atoms with Crippen LogP contribution in [0.1, 0.15) is 12.8 Å². The number of rotatable bonds is 5. The van der Waals surface area contributed by atoms with Crippen LogP contribution in [0.25, 0.3) is 0 Å². The smallest absolute Gasteiger partial charge is 0.309 e. The predicted octanol–water partition coefficient (Wildman–Crippen LogP) is 0.689. The molecule has 2 fully saturated rings. The van der Waals surface area contributed by atoms with Crippen molar-refractivity contribution < 1.29 is 27.1 Å². The second-order valence-corrected chi connectivity index (χ2v) is 9.35. The van der Waals surface area contributed by atoms with Crippen LogP contribution in [0, 0.1) is 11.7 Å². The largest absolute Gasteiger partial charge is 0.455 e.